The highest BCUT2D eigenvalue weighted by Crippen LogP contribution is 2.26. The maximum Gasteiger partial charge on any atom is 0.259 e. The van der Waals surface area contributed by atoms with Crippen molar-refractivity contribution >= 4 is 5.91 Å². The molecule has 0 aromatic heterocycles. The van der Waals surface area contributed by atoms with E-state index in [1.165, 1.54) is 18.2 Å². The molecule has 0 aliphatic rings. The third-order valence-corrected chi connectivity index (χ3v) is 2.73. The second kappa shape index (κ2) is 4.63. The monoisotopic (exact) mass is 239 g/mol. The van der Waals surface area contributed by atoms with E-state index in [0.29, 0.717) is 0 Å². The van der Waals surface area contributed by atoms with Gasteiger partial charge < -0.3 is 20.6 Å². The summed E-state index contributed by atoms with van der Waals surface area (Å²) in [5.41, 5.74) is -1.05. The molecule has 5 nitrogen and oxygen atoms in total. The molecule has 0 saturated carbocycles. The normalized spacial score (nSPS) is 13.2. The molecule has 5 heteroatoms. The van der Waals surface area contributed by atoms with Crippen LogP contribution in [0.25, 0.3) is 0 Å². The summed E-state index contributed by atoms with van der Waals surface area (Å²) in [5.74, 6) is -1.24. The highest BCUT2D eigenvalue weighted by molar-refractivity contribution is 5.99. The van der Waals surface area contributed by atoms with Crippen LogP contribution in [0.4, 0.5) is 0 Å². The first kappa shape index (κ1) is 13.3. The first-order chi connectivity index (χ1) is 7.75. The second-order valence-electron chi connectivity index (χ2n) is 4.52. The van der Waals surface area contributed by atoms with E-state index < -0.39 is 17.6 Å². The number of amides is 1. The third kappa shape index (κ3) is 2.88. The van der Waals surface area contributed by atoms with Gasteiger partial charge in [0.15, 0.2) is 0 Å². The lowest BCUT2D eigenvalue weighted by Crippen LogP contribution is -2.51. The van der Waals surface area contributed by atoms with Gasteiger partial charge in [-0.25, -0.2) is 0 Å². The van der Waals surface area contributed by atoms with Crippen molar-refractivity contribution in [2.45, 2.75) is 32.4 Å². The molecule has 0 spiro atoms. The number of carbonyl (C=O) groups is 1. The second-order valence-corrected chi connectivity index (χ2v) is 4.52. The van der Waals surface area contributed by atoms with Gasteiger partial charge >= 0.3 is 0 Å². The van der Waals surface area contributed by atoms with Crippen LogP contribution in [0.2, 0.25) is 0 Å². The maximum atomic E-state index is 11.9. The number of rotatable bonds is 3. The molecule has 0 aliphatic carbocycles. The van der Waals surface area contributed by atoms with Crippen molar-refractivity contribution in [3.05, 3.63) is 23.8 Å². The van der Waals surface area contributed by atoms with E-state index in [1.54, 1.807) is 20.8 Å². The molecule has 0 fully saturated rings. The van der Waals surface area contributed by atoms with Gasteiger partial charge in [0, 0.05) is 0 Å². The number of nitrogens with one attached hydrogen (secondary N) is 1. The number of aromatic hydroxyl groups is 2. The number of hydrogen-bond acceptors (Lipinski definition) is 4. The van der Waals surface area contributed by atoms with E-state index in [4.69, 9.17) is 0 Å². The van der Waals surface area contributed by atoms with Crippen LogP contribution < -0.4 is 5.32 Å². The molecule has 1 atom stereocenters. The minimum absolute atomic E-state index is 0.193. The highest BCUT2D eigenvalue weighted by Gasteiger charge is 2.28. The first-order valence-electron chi connectivity index (χ1n) is 5.27. The zero-order chi connectivity index (χ0) is 13.2. The van der Waals surface area contributed by atoms with Gasteiger partial charge in [-0.15, -0.1) is 0 Å². The Labute approximate surface area is 99.7 Å². The van der Waals surface area contributed by atoms with Crippen molar-refractivity contribution in [3.63, 3.8) is 0 Å². The van der Waals surface area contributed by atoms with Crippen molar-refractivity contribution in [1.29, 1.82) is 0 Å². The van der Waals surface area contributed by atoms with Gasteiger partial charge in [-0.05, 0) is 32.9 Å². The number of phenolic OH excluding ortho intramolecular Hbond substituents is 2. The number of aliphatic hydroxyl groups is 1. The van der Waals surface area contributed by atoms with Gasteiger partial charge in [-0.1, -0.05) is 6.07 Å². The maximum absolute atomic E-state index is 11.9. The van der Waals surface area contributed by atoms with Gasteiger partial charge in [0.1, 0.15) is 17.1 Å². The van der Waals surface area contributed by atoms with Crippen molar-refractivity contribution in [1.82, 2.24) is 5.32 Å². The third-order valence-electron chi connectivity index (χ3n) is 2.73. The van der Waals surface area contributed by atoms with Gasteiger partial charge in [-0.3, -0.25) is 4.79 Å². The Balaban J connectivity index is 2.99. The Morgan fingerprint density at radius 1 is 1.29 bits per heavy atom. The number of hydrogen-bond donors (Lipinski definition) is 4. The van der Waals surface area contributed by atoms with Crippen LogP contribution >= 0.6 is 0 Å². The lowest BCUT2D eigenvalue weighted by atomic mass is 9.98. The Kier molecular flexibility index (Phi) is 3.63. The van der Waals surface area contributed by atoms with Crippen LogP contribution in [0.5, 0.6) is 11.5 Å². The summed E-state index contributed by atoms with van der Waals surface area (Å²) >= 11 is 0. The van der Waals surface area contributed by atoms with Gasteiger partial charge in [0.25, 0.3) is 5.91 Å². The zero-order valence-corrected chi connectivity index (χ0v) is 10.1. The average Bonchev–Trinajstić information content (AvgIpc) is 2.15. The van der Waals surface area contributed by atoms with E-state index in [9.17, 15) is 20.1 Å². The fraction of sp³-hybridized carbons (Fsp3) is 0.417. The van der Waals surface area contributed by atoms with Crippen LogP contribution in [0, 0.1) is 0 Å². The first-order valence-corrected chi connectivity index (χ1v) is 5.27. The topological polar surface area (TPSA) is 89.8 Å². The SMILES string of the molecule is CC(O)C(C)(C)NC(=O)c1c(O)cccc1O. The average molecular weight is 239 g/mol. The molecular formula is C12H17NO4. The van der Waals surface area contributed by atoms with Gasteiger partial charge in [0.2, 0.25) is 0 Å². The summed E-state index contributed by atoms with van der Waals surface area (Å²) in [6, 6.07) is 4.05. The molecule has 1 aromatic rings. The van der Waals surface area contributed by atoms with E-state index in [-0.39, 0.29) is 17.1 Å². The molecule has 1 aromatic carbocycles. The van der Waals surface area contributed by atoms with Gasteiger partial charge in [-0.2, -0.15) is 0 Å². The summed E-state index contributed by atoms with van der Waals surface area (Å²) in [4.78, 5) is 11.9. The molecule has 1 amide bonds. The van der Waals surface area contributed by atoms with Gasteiger partial charge in [0.05, 0.1) is 11.6 Å². The van der Waals surface area contributed by atoms with Crippen LogP contribution in [-0.4, -0.2) is 32.9 Å². The lowest BCUT2D eigenvalue weighted by Gasteiger charge is -2.29. The van der Waals surface area contributed by atoms with Crippen molar-refractivity contribution in [3.8, 4) is 11.5 Å². The molecule has 0 saturated heterocycles. The fourth-order valence-corrected chi connectivity index (χ4v) is 1.22. The Bertz CT molecular complexity index is 406. The van der Waals surface area contributed by atoms with Crippen LogP contribution in [0.3, 0.4) is 0 Å². The number of carbonyl (C=O) groups excluding carboxylic acids is 1. The predicted molar refractivity (Wildman–Crippen MR) is 63.0 cm³/mol. The van der Waals surface area contributed by atoms with Crippen molar-refractivity contribution in [2.75, 3.05) is 0 Å². The van der Waals surface area contributed by atoms with E-state index >= 15 is 0 Å². The molecular weight excluding hydrogens is 222 g/mol. The molecule has 0 aliphatic heterocycles. The standard InChI is InChI=1S/C12H17NO4/c1-7(14)12(2,3)13-11(17)10-8(15)5-4-6-9(10)16/h4-7,14-16H,1-3H3,(H,13,17). The molecule has 1 unspecified atom stereocenters. The highest BCUT2D eigenvalue weighted by atomic mass is 16.3. The molecule has 94 valence electrons. The molecule has 1 rings (SSSR count). The lowest BCUT2D eigenvalue weighted by molar-refractivity contribution is 0.0705. The van der Waals surface area contributed by atoms with Crippen LogP contribution in [-0.2, 0) is 0 Å². The summed E-state index contributed by atoms with van der Waals surface area (Å²) in [6.07, 6.45) is -0.764. The van der Waals surface area contributed by atoms with Crippen molar-refractivity contribution < 1.29 is 20.1 Å². The number of phenols is 2. The van der Waals surface area contributed by atoms with Crippen LogP contribution in [0.1, 0.15) is 31.1 Å². The molecule has 0 bridgehead atoms. The van der Waals surface area contributed by atoms with Crippen molar-refractivity contribution in [2.24, 2.45) is 0 Å². The summed E-state index contributed by atoms with van der Waals surface area (Å²) in [6.45, 7) is 4.84. The van der Waals surface area contributed by atoms with E-state index in [1.807, 2.05) is 0 Å². The predicted octanol–water partition coefficient (Wildman–Crippen LogP) is 0.987. The zero-order valence-electron chi connectivity index (χ0n) is 10.1. The number of benzene rings is 1. The minimum Gasteiger partial charge on any atom is -0.507 e. The fourth-order valence-electron chi connectivity index (χ4n) is 1.22. The summed E-state index contributed by atoms with van der Waals surface area (Å²) in [5, 5.41) is 31.0. The Hall–Kier alpha value is -1.75. The summed E-state index contributed by atoms with van der Waals surface area (Å²) < 4.78 is 0. The quantitative estimate of drug-likeness (QED) is 0.633. The molecule has 4 N–H and O–H groups in total. The molecule has 0 radical (unpaired) electrons. The number of aliphatic hydroxyl groups excluding tert-OH is 1. The van der Waals surface area contributed by atoms with E-state index in [0.717, 1.165) is 0 Å². The Morgan fingerprint density at radius 3 is 2.18 bits per heavy atom. The Morgan fingerprint density at radius 2 is 1.76 bits per heavy atom. The summed E-state index contributed by atoms with van der Waals surface area (Å²) in [7, 11) is 0. The molecule has 0 heterocycles. The minimum atomic E-state index is -0.855. The molecule has 17 heavy (non-hydrogen) atoms. The smallest absolute Gasteiger partial charge is 0.259 e. The van der Waals surface area contributed by atoms with Crippen LogP contribution in [0.15, 0.2) is 18.2 Å². The largest absolute Gasteiger partial charge is 0.507 e. The van der Waals surface area contributed by atoms with E-state index in [2.05, 4.69) is 5.32 Å².